The summed E-state index contributed by atoms with van der Waals surface area (Å²) in [6, 6.07) is 0. The van der Waals surface area contributed by atoms with Gasteiger partial charge in [-0.2, -0.15) is 0 Å². The second-order valence-electron chi connectivity index (χ2n) is 2.75. The van der Waals surface area contributed by atoms with Crippen molar-refractivity contribution in [2.45, 2.75) is 24.4 Å². The molecule has 1 aromatic heterocycles. The van der Waals surface area contributed by atoms with Crippen molar-refractivity contribution in [1.29, 1.82) is 0 Å². The smallest absolute Gasteiger partial charge is 0.248 e. The Hall–Kier alpha value is -0.800. The largest absolute Gasteiger partial charge is 0.354 e. The molecule has 1 aromatic rings. The summed E-state index contributed by atoms with van der Waals surface area (Å²) < 4.78 is 35.3. The predicted molar refractivity (Wildman–Crippen MR) is 52.4 cm³/mol. The minimum Gasteiger partial charge on any atom is -0.354 e. The van der Waals surface area contributed by atoms with E-state index >= 15 is 0 Å². The highest BCUT2D eigenvalue weighted by Gasteiger charge is 2.14. The second kappa shape index (κ2) is 6.71. The first kappa shape index (κ1) is 13.3. The lowest BCUT2D eigenvalue weighted by atomic mass is 10.6. The van der Waals surface area contributed by atoms with E-state index in [1.165, 1.54) is 18.9 Å². The van der Waals surface area contributed by atoms with E-state index in [-0.39, 0.29) is 12.3 Å². The van der Waals surface area contributed by atoms with Crippen molar-refractivity contribution in [3.8, 4) is 0 Å². The Kier molecular flexibility index (Phi) is 5.56. The quantitative estimate of drug-likeness (QED) is 0.526. The van der Waals surface area contributed by atoms with Crippen LogP contribution in [0.1, 0.15) is 0 Å². The molecule has 92 valence electrons. The first-order valence-electron chi connectivity index (χ1n) is 4.40. The SMILES string of the molecule is COC(Cn1nnnc1SCC(F)F)OC. The van der Waals surface area contributed by atoms with Gasteiger partial charge < -0.3 is 9.47 Å². The number of hydrogen-bond acceptors (Lipinski definition) is 6. The van der Waals surface area contributed by atoms with Crippen LogP contribution in [-0.4, -0.2) is 52.9 Å². The van der Waals surface area contributed by atoms with Gasteiger partial charge in [0.1, 0.15) is 0 Å². The van der Waals surface area contributed by atoms with Crippen molar-refractivity contribution in [1.82, 2.24) is 20.2 Å². The number of methoxy groups -OCH3 is 2. The van der Waals surface area contributed by atoms with Crippen LogP contribution in [0.3, 0.4) is 0 Å². The zero-order chi connectivity index (χ0) is 12.0. The second-order valence-corrected chi connectivity index (χ2v) is 3.73. The molecule has 9 heteroatoms. The van der Waals surface area contributed by atoms with Crippen molar-refractivity contribution >= 4 is 11.8 Å². The number of ether oxygens (including phenoxy) is 2. The number of hydrogen-bond donors (Lipinski definition) is 0. The summed E-state index contributed by atoms with van der Waals surface area (Å²) in [5, 5.41) is 11.0. The minimum atomic E-state index is -2.39. The Morgan fingerprint density at radius 3 is 2.62 bits per heavy atom. The Morgan fingerprint density at radius 2 is 2.06 bits per heavy atom. The maximum Gasteiger partial charge on any atom is 0.248 e. The fourth-order valence-corrected chi connectivity index (χ4v) is 1.57. The maximum atomic E-state index is 12.0. The van der Waals surface area contributed by atoms with Crippen molar-refractivity contribution in [2.75, 3.05) is 20.0 Å². The molecule has 0 aliphatic rings. The van der Waals surface area contributed by atoms with Gasteiger partial charge in [0.15, 0.2) is 6.29 Å². The number of nitrogens with zero attached hydrogens (tertiary/aromatic N) is 4. The van der Waals surface area contributed by atoms with Crippen molar-refractivity contribution in [2.24, 2.45) is 0 Å². The molecule has 0 radical (unpaired) electrons. The molecule has 0 saturated heterocycles. The molecule has 0 aromatic carbocycles. The average Bonchev–Trinajstić information content (AvgIpc) is 2.70. The van der Waals surface area contributed by atoms with Gasteiger partial charge in [-0.1, -0.05) is 11.8 Å². The predicted octanol–water partition coefficient (Wildman–Crippen LogP) is 0.649. The Labute approximate surface area is 95.3 Å². The third-order valence-electron chi connectivity index (χ3n) is 1.69. The first-order valence-corrected chi connectivity index (χ1v) is 5.38. The molecule has 0 unspecified atom stereocenters. The lowest BCUT2D eigenvalue weighted by molar-refractivity contribution is -0.113. The third-order valence-corrected chi connectivity index (χ3v) is 2.65. The van der Waals surface area contributed by atoms with Crippen LogP contribution in [0.4, 0.5) is 8.78 Å². The molecule has 0 bridgehead atoms. The van der Waals surface area contributed by atoms with E-state index in [2.05, 4.69) is 15.5 Å². The number of rotatable bonds is 7. The van der Waals surface area contributed by atoms with Gasteiger partial charge >= 0.3 is 0 Å². The number of aromatic nitrogens is 4. The highest BCUT2D eigenvalue weighted by molar-refractivity contribution is 7.99. The van der Waals surface area contributed by atoms with Crippen LogP contribution in [0.25, 0.3) is 0 Å². The molecule has 16 heavy (non-hydrogen) atoms. The van der Waals surface area contributed by atoms with E-state index < -0.39 is 12.7 Å². The molecular weight excluding hydrogens is 242 g/mol. The number of halogens is 2. The molecule has 6 nitrogen and oxygen atoms in total. The summed E-state index contributed by atoms with van der Waals surface area (Å²) >= 11 is 0.891. The number of tetrazole rings is 1. The summed E-state index contributed by atoms with van der Waals surface area (Å²) in [5.74, 6) is -0.342. The molecule has 0 saturated carbocycles. The first-order chi connectivity index (χ1) is 7.67. The lowest BCUT2D eigenvalue weighted by Gasteiger charge is -2.13. The fourth-order valence-electron chi connectivity index (χ4n) is 0.938. The molecule has 0 N–H and O–H groups in total. The van der Waals surface area contributed by atoms with E-state index in [9.17, 15) is 8.78 Å². The van der Waals surface area contributed by atoms with Crippen LogP contribution >= 0.6 is 11.8 Å². The molecule has 0 amide bonds. The minimum absolute atomic E-state index is 0.256. The molecule has 0 fully saturated rings. The molecule has 1 heterocycles. The van der Waals surface area contributed by atoms with E-state index in [1.54, 1.807) is 0 Å². The molecule has 0 aliphatic heterocycles. The van der Waals surface area contributed by atoms with Crippen LogP contribution in [0.5, 0.6) is 0 Å². The summed E-state index contributed by atoms with van der Waals surface area (Å²) in [4.78, 5) is 0. The highest BCUT2D eigenvalue weighted by atomic mass is 32.2. The Bertz CT molecular complexity index is 308. The highest BCUT2D eigenvalue weighted by Crippen LogP contribution is 2.17. The maximum absolute atomic E-state index is 12.0. The normalized spacial score (nSPS) is 11.6. The Balaban J connectivity index is 2.55. The van der Waals surface area contributed by atoms with Crippen LogP contribution in [-0.2, 0) is 16.0 Å². The number of alkyl halides is 2. The zero-order valence-corrected chi connectivity index (χ0v) is 9.65. The van der Waals surface area contributed by atoms with E-state index in [0.29, 0.717) is 5.16 Å². The molecule has 0 aliphatic carbocycles. The van der Waals surface area contributed by atoms with Gasteiger partial charge in [-0.25, -0.2) is 13.5 Å². The van der Waals surface area contributed by atoms with E-state index in [1.807, 2.05) is 0 Å². The third kappa shape index (κ3) is 3.99. The van der Waals surface area contributed by atoms with Crippen molar-refractivity contribution in [3.05, 3.63) is 0 Å². The zero-order valence-electron chi connectivity index (χ0n) is 8.84. The summed E-state index contributed by atoms with van der Waals surface area (Å²) in [6.07, 6.45) is -2.90. The van der Waals surface area contributed by atoms with Crippen molar-refractivity contribution in [3.63, 3.8) is 0 Å². The fraction of sp³-hybridized carbons (Fsp3) is 0.857. The standard InChI is InChI=1S/C7H12F2N4O2S/c1-14-6(15-2)3-13-7(10-11-12-13)16-4-5(8)9/h5-6H,3-4H2,1-2H3. The van der Waals surface area contributed by atoms with E-state index in [0.717, 1.165) is 11.8 Å². The van der Waals surface area contributed by atoms with Gasteiger partial charge in [0, 0.05) is 14.2 Å². The molecule has 0 atom stereocenters. The lowest BCUT2D eigenvalue weighted by Crippen LogP contribution is -2.22. The van der Waals surface area contributed by atoms with Gasteiger partial charge in [-0.05, 0) is 10.4 Å². The van der Waals surface area contributed by atoms with E-state index in [4.69, 9.17) is 9.47 Å². The molecule has 1 rings (SSSR count). The van der Waals surface area contributed by atoms with Gasteiger partial charge in [0.05, 0.1) is 12.3 Å². The summed E-state index contributed by atoms with van der Waals surface area (Å²) in [7, 11) is 2.95. The van der Waals surface area contributed by atoms with Gasteiger partial charge in [0.25, 0.3) is 0 Å². The monoisotopic (exact) mass is 254 g/mol. The van der Waals surface area contributed by atoms with Gasteiger partial charge in [-0.15, -0.1) is 5.10 Å². The van der Waals surface area contributed by atoms with Crippen LogP contribution in [0.2, 0.25) is 0 Å². The summed E-state index contributed by atoms with van der Waals surface area (Å²) in [6.45, 7) is 0.256. The molecular formula is C7H12F2N4O2S. The topological polar surface area (TPSA) is 62.1 Å². The Morgan fingerprint density at radius 1 is 1.38 bits per heavy atom. The molecule has 0 spiro atoms. The van der Waals surface area contributed by atoms with Gasteiger partial charge in [0.2, 0.25) is 11.6 Å². The summed E-state index contributed by atoms with van der Waals surface area (Å²) in [5.41, 5.74) is 0. The number of thioether (sulfide) groups is 1. The van der Waals surface area contributed by atoms with Gasteiger partial charge in [-0.3, -0.25) is 0 Å². The van der Waals surface area contributed by atoms with Crippen LogP contribution < -0.4 is 0 Å². The average molecular weight is 254 g/mol. The van der Waals surface area contributed by atoms with Crippen LogP contribution in [0, 0.1) is 0 Å². The van der Waals surface area contributed by atoms with Crippen LogP contribution in [0.15, 0.2) is 5.16 Å². The van der Waals surface area contributed by atoms with Crippen molar-refractivity contribution < 1.29 is 18.3 Å².